The Labute approximate surface area is 107 Å². The third-order valence-corrected chi connectivity index (χ3v) is 1.55. The predicted molar refractivity (Wildman–Crippen MR) is 62.1 cm³/mol. The molecule has 0 aromatic rings. The van der Waals surface area contributed by atoms with Crippen molar-refractivity contribution in [3.63, 3.8) is 0 Å². The normalized spacial score (nSPS) is 9.94. The third kappa shape index (κ3) is 18.1. The highest BCUT2D eigenvalue weighted by atomic mass is 35.5. The number of aliphatic carboxylic acids is 1. The minimum Gasteiger partial charge on any atom is -0.481 e. The van der Waals surface area contributed by atoms with Gasteiger partial charge in [0, 0.05) is 0 Å². The Hall–Kier alpha value is -0.440. The van der Waals surface area contributed by atoms with Gasteiger partial charge in [-0.25, -0.2) is 5.90 Å². The molecular formula is C9H20ClNO6. The van der Waals surface area contributed by atoms with Gasteiger partial charge < -0.3 is 24.2 Å². The number of carboxylic acids is 1. The van der Waals surface area contributed by atoms with Gasteiger partial charge in [0.15, 0.2) is 0 Å². The topological polar surface area (TPSA) is 100 Å². The summed E-state index contributed by atoms with van der Waals surface area (Å²) in [7, 11) is 0. The lowest BCUT2D eigenvalue weighted by molar-refractivity contribution is -0.138. The second kappa shape index (κ2) is 15.6. The summed E-state index contributed by atoms with van der Waals surface area (Å²) >= 11 is 0. The first-order valence-electron chi connectivity index (χ1n) is 5.04. The van der Waals surface area contributed by atoms with Crippen molar-refractivity contribution in [1.82, 2.24) is 0 Å². The molecule has 0 aromatic carbocycles. The van der Waals surface area contributed by atoms with Crippen LogP contribution in [0.4, 0.5) is 0 Å². The maximum atomic E-state index is 10.1. The minimum atomic E-state index is -0.864. The van der Waals surface area contributed by atoms with E-state index in [1.165, 1.54) is 0 Å². The van der Waals surface area contributed by atoms with E-state index in [-0.39, 0.29) is 25.4 Å². The first-order chi connectivity index (χ1) is 7.77. The van der Waals surface area contributed by atoms with E-state index in [0.717, 1.165) is 0 Å². The Morgan fingerprint density at radius 1 is 0.882 bits per heavy atom. The monoisotopic (exact) mass is 273 g/mol. The Balaban J connectivity index is 0. The lowest BCUT2D eigenvalue weighted by Crippen LogP contribution is -2.13. The van der Waals surface area contributed by atoms with Crippen LogP contribution in [0.2, 0.25) is 0 Å². The molecule has 0 rings (SSSR count). The highest BCUT2D eigenvalue weighted by molar-refractivity contribution is 5.85. The first-order valence-corrected chi connectivity index (χ1v) is 5.04. The summed E-state index contributed by atoms with van der Waals surface area (Å²) in [6, 6.07) is 0. The molecule has 0 radical (unpaired) electrons. The van der Waals surface area contributed by atoms with Crippen LogP contribution in [-0.4, -0.2) is 57.3 Å². The van der Waals surface area contributed by atoms with Gasteiger partial charge in [0.05, 0.1) is 52.7 Å². The molecule has 0 saturated carbocycles. The Morgan fingerprint density at radius 2 is 1.29 bits per heavy atom. The number of nitrogens with two attached hydrogens (primary N) is 1. The van der Waals surface area contributed by atoms with Crippen LogP contribution in [0.1, 0.15) is 6.42 Å². The highest BCUT2D eigenvalue weighted by Gasteiger charge is 1.96. The smallest absolute Gasteiger partial charge is 0.305 e. The van der Waals surface area contributed by atoms with Crippen LogP contribution in [-0.2, 0) is 23.8 Å². The second-order valence-corrected chi connectivity index (χ2v) is 2.85. The van der Waals surface area contributed by atoms with Crippen LogP contribution in [0.15, 0.2) is 0 Å². The Morgan fingerprint density at radius 3 is 1.71 bits per heavy atom. The van der Waals surface area contributed by atoms with E-state index < -0.39 is 5.97 Å². The molecule has 0 saturated heterocycles. The van der Waals surface area contributed by atoms with Crippen LogP contribution in [0, 0.1) is 0 Å². The number of halogens is 1. The molecule has 104 valence electrons. The summed E-state index contributed by atoms with van der Waals surface area (Å²) in [6.07, 6.45) is 0.0161. The first kappa shape index (κ1) is 18.9. The van der Waals surface area contributed by atoms with Crippen molar-refractivity contribution in [2.24, 2.45) is 5.90 Å². The van der Waals surface area contributed by atoms with Gasteiger partial charge >= 0.3 is 5.97 Å². The summed E-state index contributed by atoms with van der Waals surface area (Å²) in [6.45, 7) is 2.76. The fraction of sp³-hybridized carbons (Fsp3) is 0.889. The molecule has 7 nitrogen and oxygen atoms in total. The molecule has 0 unspecified atom stereocenters. The van der Waals surface area contributed by atoms with Gasteiger partial charge in [-0.2, -0.15) is 0 Å². The minimum absolute atomic E-state index is 0. The van der Waals surface area contributed by atoms with Gasteiger partial charge in [-0.15, -0.1) is 12.4 Å². The molecule has 8 heteroatoms. The largest absolute Gasteiger partial charge is 0.481 e. The summed E-state index contributed by atoms with van der Waals surface area (Å²) < 4.78 is 15.2. The van der Waals surface area contributed by atoms with Crippen molar-refractivity contribution in [2.75, 3.05) is 46.2 Å². The molecule has 0 aliphatic carbocycles. The third-order valence-electron chi connectivity index (χ3n) is 1.55. The van der Waals surface area contributed by atoms with Crippen molar-refractivity contribution in [3.8, 4) is 0 Å². The van der Waals surface area contributed by atoms with E-state index >= 15 is 0 Å². The zero-order chi connectivity index (χ0) is 12.1. The van der Waals surface area contributed by atoms with E-state index in [1.807, 2.05) is 0 Å². The summed E-state index contributed by atoms with van der Waals surface area (Å²) in [5.41, 5.74) is 0. The lowest BCUT2D eigenvalue weighted by Gasteiger charge is -2.05. The van der Waals surface area contributed by atoms with Crippen molar-refractivity contribution in [1.29, 1.82) is 0 Å². The van der Waals surface area contributed by atoms with E-state index in [4.69, 9.17) is 25.2 Å². The van der Waals surface area contributed by atoms with Crippen molar-refractivity contribution in [2.45, 2.75) is 6.42 Å². The molecule has 0 aliphatic heterocycles. The number of rotatable bonds is 12. The van der Waals surface area contributed by atoms with Gasteiger partial charge in [0.25, 0.3) is 0 Å². The standard InChI is InChI=1S/C9H19NO6.ClH/c10-16-8-7-15-6-5-14-4-3-13-2-1-9(11)12;/h1-8,10H2,(H,11,12);1H. The SMILES string of the molecule is Cl.NOCCOCCOCCOCCC(=O)O. The molecular weight excluding hydrogens is 254 g/mol. The molecule has 0 fully saturated rings. The number of carboxylic acid groups (broad SMARTS) is 1. The molecule has 0 aliphatic rings. The van der Waals surface area contributed by atoms with E-state index in [9.17, 15) is 4.79 Å². The maximum absolute atomic E-state index is 10.1. The van der Waals surface area contributed by atoms with Crippen molar-refractivity contribution < 1.29 is 28.9 Å². The van der Waals surface area contributed by atoms with Crippen molar-refractivity contribution in [3.05, 3.63) is 0 Å². The highest BCUT2D eigenvalue weighted by Crippen LogP contribution is 1.84. The number of ether oxygens (including phenoxy) is 3. The molecule has 0 spiro atoms. The predicted octanol–water partition coefficient (Wildman–Crippen LogP) is -0.177. The van der Waals surface area contributed by atoms with Crippen LogP contribution >= 0.6 is 12.4 Å². The van der Waals surface area contributed by atoms with Gasteiger partial charge in [-0.1, -0.05) is 0 Å². The quantitative estimate of drug-likeness (QED) is 0.376. The zero-order valence-corrected chi connectivity index (χ0v) is 10.4. The second-order valence-electron chi connectivity index (χ2n) is 2.85. The van der Waals surface area contributed by atoms with Crippen LogP contribution in [0.3, 0.4) is 0 Å². The number of hydrogen-bond acceptors (Lipinski definition) is 6. The molecule has 0 atom stereocenters. The van der Waals surface area contributed by atoms with E-state index in [0.29, 0.717) is 39.6 Å². The average molecular weight is 274 g/mol. The van der Waals surface area contributed by atoms with Crippen LogP contribution < -0.4 is 5.90 Å². The van der Waals surface area contributed by atoms with Gasteiger partial charge in [-0.3, -0.25) is 4.79 Å². The molecule has 0 aromatic heterocycles. The fourth-order valence-corrected chi connectivity index (χ4v) is 0.808. The molecule has 17 heavy (non-hydrogen) atoms. The summed E-state index contributed by atoms with van der Waals surface area (Å²) in [5, 5.41) is 8.31. The Bertz CT molecular complexity index is 172. The zero-order valence-electron chi connectivity index (χ0n) is 9.63. The van der Waals surface area contributed by atoms with E-state index in [2.05, 4.69) is 4.84 Å². The van der Waals surface area contributed by atoms with E-state index in [1.54, 1.807) is 0 Å². The fourth-order valence-electron chi connectivity index (χ4n) is 0.808. The molecule has 3 N–H and O–H groups in total. The van der Waals surface area contributed by atoms with Gasteiger partial charge in [-0.05, 0) is 0 Å². The number of hydrogen-bond donors (Lipinski definition) is 2. The van der Waals surface area contributed by atoms with Crippen molar-refractivity contribution >= 4 is 18.4 Å². The van der Waals surface area contributed by atoms with Gasteiger partial charge in [0.1, 0.15) is 0 Å². The van der Waals surface area contributed by atoms with Crippen LogP contribution in [0.5, 0.6) is 0 Å². The average Bonchev–Trinajstić information content (AvgIpc) is 2.25. The Kier molecular flexibility index (Phi) is 17.3. The molecule has 0 amide bonds. The molecule has 0 bridgehead atoms. The van der Waals surface area contributed by atoms with Crippen LogP contribution in [0.25, 0.3) is 0 Å². The summed E-state index contributed by atoms with van der Waals surface area (Å²) in [4.78, 5) is 14.4. The lowest BCUT2D eigenvalue weighted by atomic mass is 10.5. The molecule has 0 heterocycles. The summed E-state index contributed by atoms with van der Waals surface area (Å²) in [5.74, 6) is 3.92. The number of carbonyl (C=O) groups is 1. The maximum Gasteiger partial charge on any atom is 0.305 e. The van der Waals surface area contributed by atoms with Gasteiger partial charge in [0.2, 0.25) is 0 Å².